The van der Waals surface area contributed by atoms with Gasteiger partial charge in [0.25, 0.3) is 0 Å². The van der Waals surface area contributed by atoms with Gasteiger partial charge in [0.15, 0.2) is 0 Å². The van der Waals surface area contributed by atoms with E-state index in [0.717, 1.165) is 19.6 Å². The molecule has 2 aliphatic rings. The zero-order chi connectivity index (χ0) is 10.1. The maximum absolute atomic E-state index is 4.74. The summed E-state index contributed by atoms with van der Waals surface area (Å²) in [6.45, 7) is 5.67. The van der Waals surface area contributed by atoms with Gasteiger partial charge in [0.1, 0.15) is 5.01 Å². The highest BCUT2D eigenvalue weighted by Crippen LogP contribution is 2.28. The van der Waals surface area contributed by atoms with Crippen molar-refractivity contribution in [1.82, 2.24) is 15.2 Å². The maximum Gasteiger partial charge on any atom is 0.107 e. The molecule has 2 heterocycles. The number of piperazine rings is 1. The normalized spacial score (nSPS) is 19.3. The van der Waals surface area contributed by atoms with Gasteiger partial charge in [-0.2, -0.15) is 0 Å². The Bertz CT molecular complexity index is 329. The first-order valence-corrected chi connectivity index (χ1v) is 6.64. The van der Waals surface area contributed by atoms with E-state index in [4.69, 9.17) is 4.98 Å². The van der Waals surface area contributed by atoms with Crippen LogP contribution in [0.1, 0.15) is 22.0 Å². The third-order valence-corrected chi connectivity index (χ3v) is 4.35. The minimum Gasteiger partial charge on any atom is -0.314 e. The van der Waals surface area contributed by atoms with Gasteiger partial charge in [0.2, 0.25) is 0 Å². The van der Waals surface area contributed by atoms with Gasteiger partial charge < -0.3 is 5.32 Å². The summed E-state index contributed by atoms with van der Waals surface area (Å²) in [4.78, 5) is 8.80. The summed E-state index contributed by atoms with van der Waals surface area (Å²) in [5, 5.41) is 4.72. The fourth-order valence-corrected chi connectivity index (χ4v) is 3.57. The average Bonchev–Trinajstić information content (AvgIpc) is 2.79. The molecule has 1 saturated heterocycles. The van der Waals surface area contributed by atoms with Crippen LogP contribution >= 0.6 is 36.2 Å². The molecule has 6 heteroatoms. The molecule has 3 nitrogen and oxygen atoms in total. The number of halogens is 2. The Balaban J connectivity index is 0.000000722. The Hall–Kier alpha value is 0.130. The molecule has 3 rings (SSSR count). The number of hydrogen-bond acceptors (Lipinski definition) is 4. The van der Waals surface area contributed by atoms with Gasteiger partial charge in [-0.3, -0.25) is 4.90 Å². The van der Waals surface area contributed by atoms with Crippen molar-refractivity contribution in [2.45, 2.75) is 25.8 Å². The first-order chi connectivity index (χ1) is 7.42. The van der Waals surface area contributed by atoms with E-state index < -0.39 is 0 Å². The van der Waals surface area contributed by atoms with E-state index in [1.807, 2.05) is 11.3 Å². The lowest BCUT2D eigenvalue weighted by Gasteiger charge is -2.26. The van der Waals surface area contributed by atoms with E-state index >= 15 is 0 Å². The second-order valence-electron chi connectivity index (χ2n) is 4.36. The number of aryl methyl sites for hydroxylation is 2. The highest BCUT2D eigenvalue weighted by molar-refractivity contribution is 7.11. The summed E-state index contributed by atoms with van der Waals surface area (Å²) in [6, 6.07) is 0. The molecule has 1 fully saturated rings. The molecule has 0 bridgehead atoms. The van der Waals surface area contributed by atoms with Crippen molar-refractivity contribution in [3.63, 3.8) is 0 Å². The van der Waals surface area contributed by atoms with Gasteiger partial charge in [-0.1, -0.05) is 0 Å². The number of fused-ring (bicyclic) bond motifs is 1. The Labute approximate surface area is 119 Å². The Kier molecular flexibility index (Phi) is 6.17. The molecule has 1 aliphatic heterocycles. The van der Waals surface area contributed by atoms with Crippen molar-refractivity contribution in [1.29, 1.82) is 0 Å². The molecule has 1 aromatic heterocycles. The second-order valence-corrected chi connectivity index (χ2v) is 5.53. The lowest BCUT2D eigenvalue weighted by molar-refractivity contribution is 0.233. The van der Waals surface area contributed by atoms with Gasteiger partial charge in [0.05, 0.1) is 12.2 Å². The van der Waals surface area contributed by atoms with Crippen LogP contribution in [0.3, 0.4) is 0 Å². The van der Waals surface area contributed by atoms with E-state index in [0.29, 0.717) is 0 Å². The standard InChI is InChI=1S/C11H17N3S.2ClH/c1-2-9-10(3-1)15-11(13-9)8-14-6-4-12-5-7-14;;/h12H,1-8H2;2*1H. The number of rotatable bonds is 2. The molecule has 1 aromatic rings. The zero-order valence-corrected chi connectivity index (χ0v) is 12.2. The van der Waals surface area contributed by atoms with Crippen molar-refractivity contribution in [3.05, 3.63) is 15.6 Å². The molecule has 1 N–H and O–H groups in total. The highest BCUT2D eigenvalue weighted by atomic mass is 35.5. The number of nitrogens with one attached hydrogen (secondary N) is 1. The lowest BCUT2D eigenvalue weighted by atomic mass is 10.3. The van der Waals surface area contributed by atoms with Crippen LogP contribution in [0.5, 0.6) is 0 Å². The van der Waals surface area contributed by atoms with Gasteiger partial charge in [-0.05, 0) is 19.3 Å². The van der Waals surface area contributed by atoms with Crippen LogP contribution in [-0.4, -0.2) is 36.1 Å². The van der Waals surface area contributed by atoms with Crippen molar-refractivity contribution in [2.24, 2.45) is 0 Å². The number of thiazole rings is 1. The van der Waals surface area contributed by atoms with Crippen molar-refractivity contribution >= 4 is 36.2 Å². The monoisotopic (exact) mass is 295 g/mol. The van der Waals surface area contributed by atoms with Crippen LogP contribution in [-0.2, 0) is 19.4 Å². The fourth-order valence-electron chi connectivity index (χ4n) is 2.37. The molecule has 0 amide bonds. The number of hydrogen-bond donors (Lipinski definition) is 1. The summed E-state index contributed by atoms with van der Waals surface area (Å²) < 4.78 is 0. The van der Waals surface area contributed by atoms with Crippen LogP contribution in [0.2, 0.25) is 0 Å². The van der Waals surface area contributed by atoms with Gasteiger partial charge >= 0.3 is 0 Å². The Morgan fingerprint density at radius 3 is 2.65 bits per heavy atom. The summed E-state index contributed by atoms with van der Waals surface area (Å²) in [5.74, 6) is 0. The molecular formula is C11H19Cl2N3S. The summed E-state index contributed by atoms with van der Waals surface area (Å²) >= 11 is 1.94. The molecule has 0 atom stereocenters. The van der Waals surface area contributed by atoms with Crippen molar-refractivity contribution < 1.29 is 0 Å². The van der Waals surface area contributed by atoms with E-state index in [2.05, 4.69) is 10.2 Å². The van der Waals surface area contributed by atoms with E-state index in [1.54, 1.807) is 4.88 Å². The fraction of sp³-hybridized carbons (Fsp3) is 0.727. The van der Waals surface area contributed by atoms with Crippen molar-refractivity contribution in [2.75, 3.05) is 26.2 Å². The van der Waals surface area contributed by atoms with Crippen molar-refractivity contribution in [3.8, 4) is 0 Å². The third kappa shape index (κ3) is 3.55. The average molecular weight is 296 g/mol. The first kappa shape index (κ1) is 15.2. The predicted octanol–water partition coefficient (Wildman–Crippen LogP) is 1.88. The largest absolute Gasteiger partial charge is 0.314 e. The van der Waals surface area contributed by atoms with Crippen LogP contribution in [0.4, 0.5) is 0 Å². The quantitative estimate of drug-likeness (QED) is 0.903. The van der Waals surface area contributed by atoms with Crippen LogP contribution in [0, 0.1) is 0 Å². The highest BCUT2D eigenvalue weighted by Gasteiger charge is 2.18. The second kappa shape index (κ2) is 6.90. The third-order valence-electron chi connectivity index (χ3n) is 3.21. The molecular weight excluding hydrogens is 277 g/mol. The Morgan fingerprint density at radius 2 is 1.94 bits per heavy atom. The van der Waals surface area contributed by atoms with Gasteiger partial charge in [-0.15, -0.1) is 36.2 Å². The smallest absolute Gasteiger partial charge is 0.107 e. The zero-order valence-electron chi connectivity index (χ0n) is 9.78. The Morgan fingerprint density at radius 1 is 1.18 bits per heavy atom. The molecule has 0 aromatic carbocycles. The van der Waals surface area contributed by atoms with E-state index in [-0.39, 0.29) is 24.8 Å². The van der Waals surface area contributed by atoms with E-state index in [9.17, 15) is 0 Å². The van der Waals surface area contributed by atoms with Crippen LogP contribution in [0.15, 0.2) is 0 Å². The van der Waals surface area contributed by atoms with Crippen LogP contribution in [0.25, 0.3) is 0 Å². The molecule has 0 unspecified atom stereocenters. The van der Waals surface area contributed by atoms with Gasteiger partial charge in [-0.25, -0.2) is 4.98 Å². The van der Waals surface area contributed by atoms with Crippen LogP contribution < -0.4 is 5.32 Å². The number of nitrogens with zero attached hydrogens (tertiary/aromatic N) is 2. The maximum atomic E-state index is 4.74. The lowest BCUT2D eigenvalue weighted by Crippen LogP contribution is -2.42. The van der Waals surface area contributed by atoms with Gasteiger partial charge in [0, 0.05) is 31.1 Å². The SMILES string of the molecule is C1Cc2nc(CN3CCNCC3)sc2C1.Cl.Cl. The molecule has 1 aliphatic carbocycles. The minimum atomic E-state index is 0. The summed E-state index contributed by atoms with van der Waals surface area (Å²) in [7, 11) is 0. The molecule has 17 heavy (non-hydrogen) atoms. The molecule has 98 valence electrons. The molecule has 0 radical (unpaired) electrons. The predicted molar refractivity (Wildman–Crippen MR) is 76.8 cm³/mol. The topological polar surface area (TPSA) is 28.2 Å². The minimum absolute atomic E-state index is 0. The summed E-state index contributed by atoms with van der Waals surface area (Å²) in [6.07, 6.45) is 3.81. The van der Waals surface area contributed by atoms with E-state index in [1.165, 1.54) is 43.1 Å². The number of aromatic nitrogens is 1. The molecule has 0 saturated carbocycles. The molecule has 0 spiro atoms. The first-order valence-electron chi connectivity index (χ1n) is 5.82. The summed E-state index contributed by atoms with van der Waals surface area (Å²) in [5.41, 5.74) is 1.39.